The number of nitrogens with zero attached hydrogens (tertiary/aromatic N) is 1. The summed E-state index contributed by atoms with van der Waals surface area (Å²) in [5.41, 5.74) is 1.90. The normalized spacial score (nSPS) is 10.8. The molecule has 0 unspecified atom stereocenters. The molecule has 3 heteroatoms. The van der Waals surface area contributed by atoms with Crippen LogP contribution in [0, 0.1) is 0 Å². The first-order valence-corrected chi connectivity index (χ1v) is 7.62. The lowest BCUT2D eigenvalue weighted by atomic mass is 10.0. The number of hydrogen-bond donors (Lipinski definition) is 0. The van der Waals surface area contributed by atoms with Crippen LogP contribution in [0.5, 0.6) is 0 Å². The van der Waals surface area contributed by atoms with Crippen molar-refractivity contribution in [3.8, 4) is 0 Å². The molecule has 0 saturated heterocycles. The number of hydroxylamine groups is 2. The number of aryl methyl sites for hydroxylation is 1. The zero-order valence-corrected chi connectivity index (χ0v) is 13.0. The van der Waals surface area contributed by atoms with Crippen molar-refractivity contribution in [1.29, 1.82) is 0 Å². The fourth-order valence-corrected chi connectivity index (χ4v) is 2.14. The van der Waals surface area contributed by atoms with Crippen LogP contribution < -0.4 is 0 Å². The van der Waals surface area contributed by atoms with E-state index in [-0.39, 0.29) is 5.97 Å². The van der Waals surface area contributed by atoms with Crippen LogP contribution in [0.2, 0.25) is 0 Å². The Bertz CT molecular complexity index is 384. The molecule has 1 aromatic rings. The molecule has 0 fully saturated rings. The molecular formula is C17H27NO2. The van der Waals surface area contributed by atoms with E-state index in [2.05, 4.69) is 6.92 Å². The Kier molecular flexibility index (Phi) is 7.97. The summed E-state index contributed by atoms with van der Waals surface area (Å²) in [7, 11) is 3.40. The Hall–Kier alpha value is -1.35. The minimum absolute atomic E-state index is 0.305. The highest BCUT2D eigenvalue weighted by Crippen LogP contribution is 2.11. The van der Waals surface area contributed by atoms with E-state index < -0.39 is 0 Å². The largest absolute Gasteiger partial charge is 0.364 e. The third-order valence-electron chi connectivity index (χ3n) is 3.27. The predicted molar refractivity (Wildman–Crippen MR) is 82.6 cm³/mol. The first kappa shape index (κ1) is 16.7. The number of rotatable bonds is 9. The lowest BCUT2D eigenvalue weighted by Crippen LogP contribution is -2.18. The van der Waals surface area contributed by atoms with Crippen LogP contribution in [-0.2, 0) is 11.3 Å². The summed E-state index contributed by atoms with van der Waals surface area (Å²) in [6, 6.07) is 7.74. The highest BCUT2D eigenvalue weighted by Gasteiger charge is 2.08. The van der Waals surface area contributed by atoms with Gasteiger partial charge in [-0.3, -0.25) is 0 Å². The number of unbranched alkanes of at least 4 members (excludes halogenated alkanes) is 5. The van der Waals surface area contributed by atoms with Gasteiger partial charge in [-0.1, -0.05) is 51.2 Å². The smallest absolute Gasteiger partial charge is 0.356 e. The third-order valence-corrected chi connectivity index (χ3v) is 3.27. The highest BCUT2D eigenvalue weighted by molar-refractivity contribution is 5.89. The SMILES string of the molecule is CCCCCCCCc1ccc(C(=O)ON(C)C)cc1. The molecule has 1 rings (SSSR count). The third kappa shape index (κ3) is 6.71. The van der Waals surface area contributed by atoms with E-state index in [0.29, 0.717) is 5.56 Å². The van der Waals surface area contributed by atoms with E-state index in [4.69, 9.17) is 4.84 Å². The molecule has 0 heterocycles. The average molecular weight is 277 g/mol. The van der Waals surface area contributed by atoms with Crippen molar-refractivity contribution in [1.82, 2.24) is 5.06 Å². The summed E-state index contributed by atoms with van der Waals surface area (Å²) in [6.45, 7) is 2.24. The molecule has 0 N–H and O–H groups in total. The molecule has 0 bridgehead atoms. The summed E-state index contributed by atoms with van der Waals surface area (Å²) in [5, 5.41) is 1.41. The van der Waals surface area contributed by atoms with Crippen molar-refractivity contribution in [2.75, 3.05) is 14.1 Å². The van der Waals surface area contributed by atoms with Crippen LogP contribution in [0.3, 0.4) is 0 Å². The number of hydrogen-bond acceptors (Lipinski definition) is 3. The van der Waals surface area contributed by atoms with Crippen LogP contribution in [0.15, 0.2) is 24.3 Å². The molecule has 0 atom stereocenters. The molecule has 0 aromatic heterocycles. The van der Waals surface area contributed by atoms with Crippen LogP contribution in [-0.4, -0.2) is 25.1 Å². The Balaban J connectivity index is 2.30. The van der Waals surface area contributed by atoms with Gasteiger partial charge in [0.1, 0.15) is 0 Å². The number of benzene rings is 1. The van der Waals surface area contributed by atoms with Crippen molar-refractivity contribution in [3.63, 3.8) is 0 Å². The van der Waals surface area contributed by atoms with Crippen molar-refractivity contribution < 1.29 is 9.63 Å². The van der Waals surface area contributed by atoms with Gasteiger partial charge in [0.2, 0.25) is 0 Å². The monoisotopic (exact) mass is 277 g/mol. The molecule has 20 heavy (non-hydrogen) atoms. The van der Waals surface area contributed by atoms with Gasteiger partial charge in [0.05, 0.1) is 5.56 Å². The Labute approximate surface area is 122 Å². The lowest BCUT2D eigenvalue weighted by Gasteiger charge is -2.10. The molecule has 0 radical (unpaired) electrons. The molecule has 0 amide bonds. The van der Waals surface area contributed by atoms with E-state index in [1.807, 2.05) is 24.3 Å². The molecule has 0 saturated carbocycles. The predicted octanol–water partition coefficient (Wildman–Crippen LogP) is 4.22. The van der Waals surface area contributed by atoms with E-state index in [1.54, 1.807) is 14.1 Å². The van der Waals surface area contributed by atoms with Crippen molar-refractivity contribution >= 4 is 5.97 Å². The fraction of sp³-hybridized carbons (Fsp3) is 0.588. The molecular weight excluding hydrogens is 250 g/mol. The average Bonchev–Trinajstić information content (AvgIpc) is 2.42. The van der Waals surface area contributed by atoms with Gasteiger partial charge in [-0.15, -0.1) is 5.06 Å². The summed E-state index contributed by atoms with van der Waals surface area (Å²) < 4.78 is 0. The molecule has 3 nitrogen and oxygen atoms in total. The van der Waals surface area contributed by atoms with Gasteiger partial charge in [-0.25, -0.2) is 4.79 Å². The summed E-state index contributed by atoms with van der Waals surface area (Å²) >= 11 is 0. The van der Waals surface area contributed by atoms with Crippen LogP contribution in [0.1, 0.15) is 61.4 Å². The first-order valence-electron chi connectivity index (χ1n) is 7.62. The zero-order valence-electron chi connectivity index (χ0n) is 13.0. The maximum atomic E-state index is 11.7. The number of carbonyl (C=O) groups is 1. The van der Waals surface area contributed by atoms with Gasteiger partial charge in [0.25, 0.3) is 0 Å². The molecule has 0 spiro atoms. The second kappa shape index (κ2) is 9.54. The fourth-order valence-electron chi connectivity index (χ4n) is 2.14. The quantitative estimate of drug-likeness (QED) is 0.500. The second-order valence-corrected chi connectivity index (χ2v) is 5.41. The summed E-state index contributed by atoms with van der Waals surface area (Å²) in [4.78, 5) is 16.7. The van der Waals surface area contributed by atoms with Gasteiger partial charge >= 0.3 is 5.97 Å². The Morgan fingerprint density at radius 2 is 1.60 bits per heavy atom. The van der Waals surface area contributed by atoms with Crippen molar-refractivity contribution in [3.05, 3.63) is 35.4 Å². The zero-order chi connectivity index (χ0) is 14.8. The minimum atomic E-state index is -0.305. The van der Waals surface area contributed by atoms with Gasteiger partial charge in [-0.2, -0.15) is 0 Å². The molecule has 1 aromatic carbocycles. The molecule has 112 valence electrons. The standard InChI is InChI=1S/C17H27NO2/c1-4-5-6-7-8-9-10-15-11-13-16(14-12-15)17(19)20-18(2)3/h11-14H,4-10H2,1-3H3. The second-order valence-electron chi connectivity index (χ2n) is 5.41. The van der Waals surface area contributed by atoms with Gasteiger partial charge in [0.15, 0.2) is 0 Å². The van der Waals surface area contributed by atoms with E-state index in [1.165, 1.54) is 49.2 Å². The first-order chi connectivity index (χ1) is 9.63. The Morgan fingerprint density at radius 1 is 1.00 bits per heavy atom. The lowest BCUT2D eigenvalue weighted by molar-refractivity contribution is -0.0713. The summed E-state index contributed by atoms with van der Waals surface area (Å²) in [6.07, 6.45) is 8.95. The van der Waals surface area contributed by atoms with Crippen LogP contribution in [0.25, 0.3) is 0 Å². The molecule has 0 aliphatic heterocycles. The number of carbonyl (C=O) groups excluding carboxylic acids is 1. The van der Waals surface area contributed by atoms with Crippen LogP contribution >= 0.6 is 0 Å². The van der Waals surface area contributed by atoms with E-state index in [0.717, 1.165) is 6.42 Å². The maximum absolute atomic E-state index is 11.7. The highest BCUT2D eigenvalue weighted by atomic mass is 16.7. The Morgan fingerprint density at radius 3 is 2.20 bits per heavy atom. The molecule has 0 aliphatic carbocycles. The van der Waals surface area contributed by atoms with Gasteiger partial charge < -0.3 is 4.84 Å². The van der Waals surface area contributed by atoms with Gasteiger partial charge in [0, 0.05) is 14.1 Å². The van der Waals surface area contributed by atoms with Gasteiger partial charge in [-0.05, 0) is 30.5 Å². The van der Waals surface area contributed by atoms with Crippen LogP contribution in [0.4, 0.5) is 0 Å². The summed E-state index contributed by atoms with van der Waals surface area (Å²) in [5.74, 6) is -0.305. The maximum Gasteiger partial charge on any atom is 0.356 e. The minimum Gasteiger partial charge on any atom is -0.364 e. The van der Waals surface area contributed by atoms with E-state index in [9.17, 15) is 4.79 Å². The molecule has 0 aliphatic rings. The van der Waals surface area contributed by atoms with Crippen molar-refractivity contribution in [2.24, 2.45) is 0 Å². The van der Waals surface area contributed by atoms with E-state index >= 15 is 0 Å². The topological polar surface area (TPSA) is 29.5 Å². The van der Waals surface area contributed by atoms with Crippen molar-refractivity contribution in [2.45, 2.75) is 51.9 Å².